The van der Waals surface area contributed by atoms with Gasteiger partial charge in [0.1, 0.15) is 5.69 Å². The Balaban J connectivity index is 2.37. The molecule has 1 aliphatic rings. The summed E-state index contributed by atoms with van der Waals surface area (Å²) in [6, 6.07) is 3.84. The van der Waals surface area contributed by atoms with Crippen LogP contribution >= 0.6 is 0 Å². The highest BCUT2D eigenvalue weighted by Gasteiger charge is 2.36. The van der Waals surface area contributed by atoms with Crippen molar-refractivity contribution in [3.63, 3.8) is 0 Å². The Morgan fingerprint density at radius 3 is 2.45 bits per heavy atom. The van der Waals surface area contributed by atoms with E-state index in [0.29, 0.717) is 0 Å². The van der Waals surface area contributed by atoms with Gasteiger partial charge in [0.05, 0.1) is 9.82 Å². The molecule has 0 aliphatic heterocycles. The quantitative estimate of drug-likeness (QED) is 0.638. The molecule has 1 aromatic rings. The second-order valence-electron chi connectivity index (χ2n) is 5.21. The van der Waals surface area contributed by atoms with Gasteiger partial charge in [-0.3, -0.25) is 10.1 Å². The van der Waals surface area contributed by atoms with Crippen molar-refractivity contribution in [1.29, 1.82) is 0 Å². The molecule has 0 atom stereocenters. The number of sulfonamides is 1. The van der Waals surface area contributed by atoms with Gasteiger partial charge in [0, 0.05) is 18.7 Å². The van der Waals surface area contributed by atoms with Crippen LogP contribution in [0, 0.1) is 10.1 Å². The first-order chi connectivity index (χ1) is 9.27. The normalized spacial score (nSPS) is 17.3. The van der Waals surface area contributed by atoms with E-state index in [0.717, 1.165) is 25.3 Å². The Morgan fingerprint density at radius 1 is 1.35 bits per heavy atom. The van der Waals surface area contributed by atoms with Crippen molar-refractivity contribution in [2.75, 3.05) is 12.4 Å². The van der Waals surface area contributed by atoms with Gasteiger partial charge in [-0.05, 0) is 38.3 Å². The number of nitrogens with one attached hydrogen (secondary N) is 2. The van der Waals surface area contributed by atoms with Crippen molar-refractivity contribution in [3.8, 4) is 0 Å². The summed E-state index contributed by atoms with van der Waals surface area (Å²) >= 11 is 0. The zero-order chi connectivity index (χ0) is 15.0. The monoisotopic (exact) mass is 299 g/mol. The van der Waals surface area contributed by atoms with Crippen LogP contribution in [0.15, 0.2) is 23.1 Å². The van der Waals surface area contributed by atoms with Gasteiger partial charge in [-0.2, -0.15) is 0 Å². The fourth-order valence-electron chi connectivity index (χ4n) is 2.23. The first kappa shape index (κ1) is 14.7. The Labute approximate surface area is 117 Å². The Morgan fingerprint density at radius 2 is 2.00 bits per heavy atom. The number of hydrogen-bond donors (Lipinski definition) is 2. The molecule has 1 aromatic carbocycles. The minimum absolute atomic E-state index is 0.0867. The minimum Gasteiger partial charge on any atom is -0.383 e. The van der Waals surface area contributed by atoms with E-state index in [1.807, 2.05) is 6.92 Å². The number of nitrogens with zero attached hydrogens (tertiary/aromatic N) is 1. The van der Waals surface area contributed by atoms with E-state index in [-0.39, 0.29) is 16.3 Å². The second-order valence-corrected chi connectivity index (χ2v) is 6.89. The molecule has 0 spiro atoms. The molecule has 0 aromatic heterocycles. The third-order valence-electron chi connectivity index (χ3n) is 3.58. The first-order valence-electron chi connectivity index (χ1n) is 6.28. The van der Waals surface area contributed by atoms with Gasteiger partial charge in [-0.25, -0.2) is 13.1 Å². The average Bonchev–Trinajstić information content (AvgIpc) is 2.35. The van der Waals surface area contributed by atoms with E-state index in [9.17, 15) is 18.5 Å². The van der Waals surface area contributed by atoms with Gasteiger partial charge in [-0.1, -0.05) is 0 Å². The van der Waals surface area contributed by atoms with Crippen molar-refractivity contribution < 1.29 is 13.3 Å². The lowest BCUT2D eigenvalue weighted by Crippen LogP contribution is -2.50. The first-order valence-corrected chi connectivity index (χ1v) is 7.76. The molecule has 2 rings (SSSR count). The third-order valence-corrected chi connectivity index (χ3v) is 5.22. The maximum atomic E-state index is 12.3. The van der Waals surface area contributed by atoms with Crippen LogP contribution in [0.4, 0.5) is 11.4 Å². The molecular formula is C12H17N3O4S. The maximum absolute atomic E-state index is 12.3. The molecule has 0 amide bonds. The zero-order valence-electron chi connectivity index (χ0n) is 11.3. The van der Waals surface area contributed by atoms with E-state index in [2.05, 4.69) is 10.0 Å². The fraction of sp³-hybridized carbons (Fsp3) is 0.500. The number of nitro groups is 1. The lowest BCUT2D eigenvalue weighted by Gasteiger charge is -2.38. The van der Waals surface area contributed by atoms with E-state index in [1.165, 1.54) is 12.1 Å². The SMILES string of the molecule is CNc1ccc(S(=O)(=O)NC2(C)CCC2)cc1[N+](=O)[O-]. The molecule has 2 N–H and O–H groups in total. The predicted molar refractivity (Wildman–Crippen MR) is 75.2 cm³/mol. The van der Waals surface area contributed by atoms with Crippen LogP contribution < -0.4 is 10.0 Å². The van der Waals surface area contributed by atoms with E-state index < -0.39 is 20.5 Å². The fourth-order valence-corrected chi connectivity index (χ4v) is 3.72. The van der Waals surface area contributed by atoms with E-state index in [4.69, 9.17) is 0 Å². The minimum atomic E-state index is -3.74. The molecular weight excluding hydrogens is 282 g/mol. The number of rotatable bonds is 5. The molecule has 0 bridgehead atoms. The van der Waals surface area contributed by atoms with Crippen LogP contribution in [-0.4, -0.2) is 25.9 Å². The predicted octanol–water partition coefficient (Wildman–Crippen LogP) is 1.86. The molecule has 8 heteroatoms. The van der Waals surface area contributed by atoms with Crippen LogP contribution in [0.3, 0.4) is 0 Å². The van der Waals surface area contributed by atoms with Gasteiger partial charge in [-0.15, -0.1) is 0 Å². The maximum Gasteiger partial charge on any atom is 0.293 e. The third kappa shape index (κ3) is 2.75. The summed E-state index contributed by atoms with van der Waals surface area (Å²) in [5, 5.41) is 13.6. The molecule has 20 heavy (non-hydrogen) atoms. The molecule has 1 saturated carbocycles. The number of anilines is 1. The van der Waals surface area contributed by atoms with Crippen molar-refractivity contribution in [2.45, 2.75) is 36.6 Å². The molecule has 110 valence electrons. The van der Waals surface area contributed by atoms with Crippen molar-refractivity contribution in [2.24, 2.45) is 0 Å². The Bertz CT molecular complexity index is 638. The Kier molecular flexibility index (Phi) is 3.70. The standard InChI is InChI=1S/C12H17N3O4S/c1-12(6-3-7-12)14-20(18,19)9-4-5-10(13-2)11(8-9)15(16)17/h4-5,8,13-14H,3,6-7H2,1-2H3. The summed E-state index contributed by atoms with van der Waals surface area (Å²) in [4.78, 5) is 10.3. The summed E-state index contributed by atoms with van der Waals surface area (Å²) in [7, 11) is -2.20. The van der Waals surface area contributed by atoms with Gasteiger partial charge in [0.15, 0.2) is 0 Å². The van der Waals surface area contributed by atoms with Crippen molar-refractivity contribution >= 4 is 21.4 Å². The van der Waals surface area contributed by atoms with Gasteiger partial charge in [0.25, 0.3) is 5.69 Å². The number of benzene rings is 1. The van der Waals surface area contributed by atoms with Crippen LogP contribution in [-0.2, 0) is 10.0 Å². The highest BCUT2D eigenvalue weighted by atomic mass is 32.2. The largest absolute Gasteiger partial charge is 0.383 e. The second kappa shape index (κ2) is 5.02. The molecule has 7 nitrogen and oxygen atoms in total. The molecule has 0 heterocycles. The van der Waals surface area contributed by atoms with Gasteiger partial charge >= 0.3 is 0 Å². The molecule has 0 saturated heterocycles. The summed E-state index contributed by atoms with van der Waals surface area (Å²) in [6.45, 7) is 1.84. The van der Waals surface area contributed by atoms with E-state index in [1.54, 1.807) is 7.05 Å². The highest BCUT2D eigenvalue weighted by molar-refractivity contribution is 7.89. The summed E-state index contributed by atoms with van der Waals surface area (Å²) in [5.41, 5.74) is -0.409. The molecule has 0 radical (unpaired) electrons. The van der Waals surface area contributed by atoms with Gasteiger partial charge in [0.2, 0.25) is 10.0 Å². The number of nitro benzene ring substituents is 1. The number of hydrogen-bond acceptors (Lipinski definition) is 5. The average molecular weight is 299 g/mol. The molecule has 0 unspecified atom stereocenters. The zero-order valence-corrected chi connectivity index (χ0v) is 12.2. The lowest BCUT2D eigenvalue weighted by molar-refractivity contribution is -0.384. The van der Waals surface area contributed by atoms with Crippen LogP contribution in [0.1, 0.15) is 26.2 Å². The molecule has 1 fully saturated rings. The van der Waals surface area contributed by atoms with Crippen LogP contribution in [0.5, 0.6) is 0 Å². The smallest absolute Gasteiger partial charge is 0.293 e. The van der Waals surface area contributed by atoms with Gasteiger partial charge < -0.3 is 5.32 Å². The van der Waals surface area contributed by atoms with Crippen molar-refractivity contribution in [3.05, 3.63) is 28.3 Å². The Hall–Kier alpha value is -1.67. The van der Waals surface area contributed by atoms with Crippen LogP contribution in [0.2, 0.25) is 0 Å². The van der Waals surface area contributed by atoms with Crippen LogP contribution in [0.25, 0.3) is 0 Å². The summed E-state index contributed by atoms with van der Waals surface area (Å²) in [5.74, 6) is 0. The lowest BCUT2D eigenvalue weighted by atomic mass is 9.80. The summed E-state index contributed by atoms with van der Waals surface area (Å²) < 4.78 is 27.1. The summed E-state index contributed by atoms with van der Waals surface area (Å²) in [6.07, 6.45) is 2.55. The highest BCUT2D eigenvalue weighted by Crippen LogP contribution is 2.33. The van der Waals surface area contributed by atoms with E-state index >= 15 is 0 Å². The topological polar surface area (TPSA) is 101 Å². The van der Waals surface area contributed by atoms with Crippen molar-refractivity contribution in [1.82, 2.24) is 4.72 Å². The molecule has 1 aliphatic carbocycles.